The molecule has 0 spiro atoms. The van der Waals surface area contributed by atoms with E-state index in [-0.39, 0.29) is 17.9 Å². The Labute approximate surface area is 140 Å². The number of carbonyl (C=O) groups excluding carboxylic acids is 1. The Balaban J connectivity index is 1.61. The number of rotatable bonds is 3. The predicted molar refractivity (Wildman–Crippen MR) is 90.9 cm³/mol. The first-order chi connectivity index (χ1) is 11.6. The fourth-order valence-electron chi connectivity index (χ4n) is 3.34. The molecular weight excluding hydrogens is 302 g/mol. The van der Waals surface area contributed by atoms with Gasteiger partial charge in [-0.3, -0.25) is 4.79 Å². The first-order valence-electron chi connectivity index (χ1n) is 8.27. The highest BCUT2D eigenvalue weighted by molar-refractivity contribution is 5.97. The molecule has 0 radical (unpaired) electrons. The number of nitrogens with one attached hydrogen (secondary N) is 1. The first kappa shape index (κ1) is 14.9. The molecule has 0 saturated heterocycles. The lowest BCUT2D eigenvalue weighted by molar-refractivity contribution is 0.0936. The van der Waals surface area contributed by atoms with E-state index in [1.807, 2.05) is 32.0 Å². The SMILES string of the molecule is CC(C)c1noc2ncc(C(=O)NC3CCc4ccccc43)cc12. The van der Waals surface area contributed by atoms with Crippen molar-refractivity contribution < 1.29 is 9.32 Å². The van der Waals surface area contributed by atoms with Crippen molar-refractivity contribution in [3.05, 3.63) is 58.9 Å². The van der Waals surface area contributed by atoms with E-state index in [4.69, 9.17) is 4.52 Å². The average molecular weight is 321 g/mol. The van der Waals surface area contributed by atoms with Gasteiger partial charge >= 0.3 is 0 Å². The summed E-state index contributed by atoms with van der Waals surface area (Å²) in [4.78, 5) is 16.9. The van der Waals surface area contributed by atoms with Crippen LogP contribution in [0.15, 0.2) is 41.1 Å². The normalized spacial score (nSPS) is 16.5. The number of hydrogen-bond acceptors (Lipinski definition) is 4. The molecule has 0 saturated carbocycles. The Morgan fingerprint density at radius 3 is 3.00 bits per heavy atom. The molecular formula is C19H19N3O2. The van der Waals surface area contributed by atoms with Gasteiger partial charge in [-0.15, -0.1) is 0 Å². The van der Waals surface area contributed by atoms with E-state index in [0.29, 0.717) is 11.3 Å². The molecule has 2 aromatic heterocycles. The predicted octanol–water partition coefficient (Wildman–Crippen LogP) is 3.76. The van der Waals surface area contributed by atoms with Crippen LogP contribution in [0, 0.1) is 0 Å². The number of benzene rings is 1. The third kappa shape index (κ3) is 2.46. The van der Waals surface area contributed by atoms with Gasteiger partial charge in [-0.2, -0.15) is 0 Å². The number of hydrogen-bond donors (Lipinski definition) is 1. The Kier molecular flexibility index (Phi) is 3.56. The van der Waals surface area contributed by atoms with E-state index in [1.54, 1.807) is 6.20 Å². The van der Waals surface area contributed by atoms with Gasteiger partial charge in [0.1, 0.15) is 0 Å². The molecule has 24 heavy (non-hydrogen) atoms. The second-order valence-electron chi connectivity index (χ2n) is 6.56. The van der Waals surface area contributed by atoms with Crippen molar-refractivity contribution in [1.82, 2.24) is 15.5 Å². The molecule has 5 nitrogen and oxygen atoms in total. The smallest absolute Gasteiger partial charge is 0.257 e. The quantitative estimate of drug-likeness (QED) is 0.797. The van der Waals surface area contributed by atoms with Crippen LogP contribution in [0.25, 0.3) is 11.1 Å². The third-order valence-electron chi connectivity index (χ3n) is 4.60. The molecule has 1 aliphatic carbocycles. The number of aryl methyl sites for hydroxylation is 1. The average Bonchev–Trinajstić information content (AvgIpc) is 3.18. The number of fused-ring (bicyclic) bond motifs is 2. The van der Waals surface area contributed by atoms with Crippen LogP contribution in [0.1, 0.15) is 59.4 Å². The molecule has 1 unspecified atom stereocenters. The number of aromatic nitrogens is 2. The number of nitrogens with zero attached hydrogens (tertiary/aromatic N) is 2. The molecule has 0 aliphatic heterocycles. The van der Waals surface area contributed by atoms with Crippen molar-refractivity contribution in [1.29, 1.82) is 0 Å². The summed E-state index contributed by atoms with van der Waals surface area (Å²) in [7, 11) is 0. The fourth-order valence-corrected chi connectivity index (χ4v) is 3.34. The van der Waals surface area contributed by atoms with E-state index in [0.717, 1.165) is 23.9 Å². The molecule has 1 aromatic carbocycles. The zero-order valence-electron chi connectivity index (χ0n) is 13.7. The number of pyridine rings is 1. The van der Waals surface area contributed by atoms with E-state index in [1.165, 1.54) is 11.1 Å². The van der Waals surface area contributed by atoms with Crippen molar-refractivity contribution in [2.24, 2.45) is 0 Å². The minimum Gasteiger partial charge on any atom is -0.345 e. The van der Waals surface area contributed by atoms with Crippen LogP contribution in [0.2, 0.25) is 0 Å². The van der Waals surface area contributed by atoms with Gasteiger partial charge in [0, 0.05) is 6.20 Å². The third-order valence-corrected chi connectivity index (χ3v) is 4.60. The van der Waals surface area contributed by atoms with Gasteiger partial charge in [0.15, 0.2) is 0 Å². The first-order valence-corrected chi connectivity index (χ1v) is 8.27. The van der Waals surface area contributed by atoms with Crippen LogP contribution < -0.4 is 5.32 Å². The second kappa shape index (κ2) is 5.74. The van der Waals surface area contributed by atoms with Gasteiger partial charge in [-0.1, -0.05) is 43.3 Å². The Morgan fingerprint density at radius 1 is 1.33 bits per heavy atom. The maximum Gasteiger partial charge on any atom is 0.257 e. The van der Waals surface area contributed by atoms with E-state index in [9.17, 15) is 4.79 Å². The Bertz CT molecular complexity index is 914. The molecule has 0 bridgehead atoms. The van der Waals surface area contributed by atoms with Crippen molar-refractivity contribution in [2.45, 2.75) is 38.6 Å². The van der Waals surface area contributed by atoms with Crippen molar-refractivity contribution in [2.75, 3.05) is 0 Å². The number of carbonyl (C=O) groups is 1. The summed E-state index contributed by atoms with van der Waals surface area (Å²) in [5.41, 5.74) is 4.38. The maximum absolute atomic E-state index is 12.7. The monoisotopic (exact) mass is 321 g/mol. The minimum absolute atomic E-state index is 0.0661. The summed E-state index contributed by atoms with van der Waals surface area (Å²) in [6.45, 7) is 4.08. The van der Waals surface area contributed by atoms with Gasteiger partial charge in [0.05, 0.1) is 22.7 Å². The molecule has 0 fully saturated rings. The van der Waals surface area contributed by atoms with Crippen LogP contribution in [0.5, 0.6) is 0 Å². The zero-order chi connectivity index (χ0) is 16.7. The van der Waals surface area contributed by atoms with Gasteiger partial charge in [-0.25, -0.2) is 4.98 Å². The summed E-state index contributed by atoms with van der Waals surface area (Å²) in [6.07, 6.45) is 3.49. The molecule has 3 aromatic rings. The topological polar surface area (TPSA) is 68.0 Å². The maximum atomic E-state index is 12.7. The van der Waals surface area contributed by atoms with E-state index >= 15 is 0 Å². The molecule has 1 aliphatic rings. The summed E-state index contributed by atoms with van der Waals surface area (Å²) in [5.74, 6) is 0.107. The van der Waals surface area contributed by atoms with Gasteiger partial charge in [0.25, 0.3) is 11.6 Å². The van der Waals surface area contributed by atoms with Crippen LogP contribution in [-0.2, 0) is 6.42 Å². The van der Waals surface area contributed by atoms with Crippen molar-refractivity contribution in [3.63, 3.8) is 0 Å². The van der Waals surface area contributed by atoms with E-state index in [2.05, 4.69) is 27.6 Å². The Morgan fingerprint density at radius 2 is 2.17 bits per heavy atom. The molecule has 1 amide bonds. The largest absolute Gasteiger partial charge is 0.345 e. The summed E-state index contributed by atoms with van der Waals surface area (Å²) < 4.78 is 5.23. The lowest BCUT2D eigenvalue weighted by Crippen LogP contribution is -2.27. The van der Waals surface area contributed by atoms with Crippen molar-refractivity contribution >= 4 is 17.0 Å². The summed E-state index contributed by atoms with van der Waals surface area (Å²) in [6, 6.07) is 10.2. The number of amides is 1. The molecule has 1 atom stereocenters. The van der Waals surface area contributed by atoms with Gasteiger partial charge in [0.2, 0.25) is 0 Å². The lowest BCUT2D eigenvalue weighted by Gasteiger charge is -2.14. The molecule has 5 heteroatoms. The minimum atomic E-state index is -0.109. The highest BCUT2D eigenvalue weighted by atomic mass is 16.5. The Hall–Kier alpha value is -2.69. The summed E-state index contributed by atoms with van der Waals surface area (Å²) in [5, 5.41) is 8.00. The standard InChI is InChI=1S/C19H19N3O2/c1-11(2)17-15-9-13(10-20-19(15)24-22-17)18(23)21-16-8-7-12-5-3-4-6-14(12)16/h3-6,9-11,16H,7-8H2,1-2H3,(H,21,23). The fraction of sp³-hybridized carbons (Fsp3) is 0.316. The van der Waals surface area contributed by atoms with Crippen LogP contribution in [0.4, 0.5) is 0 Å². The zero-order valence-corrected chi connectivity index (χ0v) is 13.7. The van der Waals surface area contributed by atoms with Crippen molar-refractivity contribution in [3.8, 4) is 0 Å². The lowest BCUT2D eigenvalue weighted by atomic mass is 10.1. The molecule has 1 N–H and O–H groups in total. The van der Waals surface area contributed by atoms with Gasteiger partial charge in [-0.05, 0) is 36.0 Å². The molecule has 122 valence electrons. The summed E-state index contributed by atoms with van der Waals surface area (Å²) >= 11 is 0. The highest BCUT2D eigenvalue weighted by Crippen LogP contribution is 2.31. The molecule has 2 heterocycles. The van der Waals surface area contributed by atoms with Crippen LogP contribution >= 0.6 is 0 Å². The molecule has 4 rings (SSSR count). The van der Waals surface area contributed by atoms with E-state index < -0.39 is 0 Å². The second-order valence-corrected chi connectivity index (χ2v) is 6.56. The van der Waals surface area contributed by atoms with Crippen LogP contribution in [-0.4, -0.2) is 16.0 Å². The van der Waals surface area contributed by atoms with Gasteiger partial charge < -0.3 is 9.84 Å². The van der Waals surface area contributed by atoms with Crippen LogP contribution in [0.3, 0.4) is 0 Å². The highest BCUT2D eigenvalue weighted by Gasteiger charge is 2.24.